The minimum absolute atomic E-state index is 0.732. The molecular formula is C8H11I. The molecule has 0 N–H and O–H groups in total. The van der Waals surface area contributed by atoms with E-state index < -0.39 is 0 Å². The number of halogens is 1. The second-order valence-electron chi connectivity index (χ2n) is 2.57. The Kier molecular flexibility index (Phi) is 3.42. The third kappa shape index (κ3) is 2.57. The zero-order valence-electron chi connectivity index (χ0n) is 5.49. The van der Waals surface area contributed by atoms with Crippen molar-refractivity contribution >= 4 is 22.6 Å². The van der Waals surface area contributed by atoms with E-state index in [1.165, 1.54) is 32.1 Å². The third-order valence-electron chi connectivity index (χ3n) is 1.86. The summed E-state index contributed by atoms with van der Waals surface area (Å²) in [6.45, 7) is 0. The summed E-state index contributed by atoms with van der Waals surface area (Å²) in [6.07, 6.45) is 6.91. The molecule has 0 spiro atoms. The zero-order chi connectivity index (χ0) is 6.53. The number of rotatable bonds is 0. The van der Waals surface area contributed by atoms with Crippen molar-refractivity contribution in [3.8, 4) is 9.85 Å². The Balaban J connectivity index is 2.28. The molecule has 1 saturated carbocycles. The molecule has 1 fully saturated rings. The Morgan fingerprint density at radius 3 is 2.33 bits per heavy atom. The first-order valence-corrected chi connectivity index (χ1v) is 4.62. The minimum atomic E-state index is 0.732. The Labute approximate surface area is 70.5 Å². The summed E-state index contributed by atoms with van der Waals surface area (Å²) >= 11 is 2.13. The van der Waals surface area contributed by atoms with Gasteiger partial charge in [0, 0.05) is 28.5 Å². The lowest BCUT2D eigenvalue weighted by atomic mass is 9.90. The maximum Gasteiger partial charge on any atom is 0.0211 e. The van der Waals surface area contributed by atoms with E-state index in [-0.39, 0.29) is 0 Å². The quantitative estimate of drug-likeness (QED) is 0.446. The third-order valence-corrected chi connectivity index (χ3v) is 2.18. The highest BCUT2D eigenvalue weighted by molar-refractivity contribution is 14.1. The highest BCUT2D eigenvalue weighted by Crippen LogP contribution is 2.22. The zero-order valence-corrected chi connectivity index (χ0v) is 7.65. The first-order chi connectivity index (χ1) is 4.43. The van der Waals surface area contributed by atoms with Gasteiger partial charge in [0.25, 0.3) is 0 Å². The van der Waals surface area contributed by atoms with Crippen LogP contribution in [-0.4, -0.2) is 0 Å². The monoisotopic (exact) mass is 234 g/mol. The van der Waals surface area contributed by atoms with Gasteiger partial charge in [-0.3, -0.25) is 0 Å². The SMILES string of the molecule is IC#CC1CCCCC1. The van der Waals surface area contributed by atoms with E-state index in [0.29, 0.717) is 0 Å². The molecule has 0 aromatic heterocycles. The fourth-order valence-electron chi connectivity index (χ4n) is 1.32. The van der Waals surface area contributed by atoms with E-state index >= 15 is 0 Å². The average Bonchev–Trinajstić information content (AvgIpc) is 1.91. The Morgan fingerprint density at radius 2 is 1.78 bits per heavy atom. The molecule has 9 heavy (non-hydrogen) atoms. The first kappa shape index (κ1) is 7.40. The average molecular weight is 234 g/mol. The molecule has 0 nitrogen and oxygen atoms in total. The van der Waals surface area contributed by atoms with Crippen LogP contribution in [0, 0.1) is 15.8 Å². The van der Waals surface area contributed by atoms with Gasteiger partial charge in [-0.15, -0.1) is 0 Å². The summed E-state index contributed by atoms with van der Waals surface area (Å²) in [6, 6.07) is 0. The van der Waals surface area contributed by atoms with Gasteiger partial charge in [-0.05, 0) is 16.8 Å². The van der Waals surface area contributed by atoms with Crippen molar-refractivity contribution in [3.05, 3.63) is 0 Å². The normalized spacial score (nSPS) is 20.6. The fourth-order valence-corrected chi connectivity index (χ4v) is 1.76. The van der Waals surface area contributed by atoms with E-state index in [9.17, 15) is 0 Å². The second kappa shape index (κ2) is 4.16. The van der Waals surface area contributed by atoms with Crippen LogP contribution < -0.4 is 0 Å². The van der Waals surface area contributed by atoms with Gasteiger partial charge in [0.05, 0.1) is 0 Å². The van der Waals surface area contributed by atoms with E-state index in [1.54, 1.807) is 0 Å². The Bertz CT molecular complexity index is 123. The van der Waals surface area contributed by atoms with Crippen LogP contribution in [0.2, 0.25) is 0 Å². The molecule has 0 aliphatic heterocycles. The van der Waals surface area contributed by atoms with Crippen LogP contribution >= 0.6 is 22.6 Å². The van der Waals surface area contributed by atoms with Crippen molar-refractivity contribution < 1.29 is 0 Å². The fraction of sp³-hybridized carbons (Fsp3) is 0.750. The summed E-state index contributed by atoms with van der Waals surface area (Å²) in [5, 5.41) is 0. The van der Waals surface area contributed by atoms with E-state index in [1.807, 2.05) is 0 Å². The summed E-state index contributed by atoms with van der Waals surface area (Å²) in [7, 11) is 0. The van der Waals surface area contributed by atoms with Gasteiger partial charge in [-0.1, -0.05) is 25.2 Å². The summed E-state index contributed by atoms with van der Waals surface area (Å²) in [4.78, 5) is 0. The topological polar surface area (TPSA) is 0 Å². The van der Waals surface area contributed by atoms with Crippen molar-refractivity contribution in [2.75, 3.05) is 0 Å². The van der Waals surface area contributed by atoms with Crippen molar-refractivity contribution in [2.45, 2.75) is 32.1 Å². The summed E-state index contributed by atoms with van der Waals surface area (Å²) < 4.78 is 2.96. The molecule has 1 aliphatic rings. The van der Waals surface area contributed by atoms with Gasteiger partial charge in [0.2, 0.25) is 0 Å². The van der Waals surface area contributed by atoms with Crippen molar-refractivity contribution in [3.63, 3.8) is 0 Å². The molecule has 0 saturated heterocycles. The Hall–Kier alpha value is 0.290. The van der Waals surface area contributed by atoms with Gasteiger partial charge in [-0.25, -0.2) is 0 Å². The van der Waals surface area contributed by atoms with Crippen molar-refractivity contribution in [2.24, 2.45) is 5.92 Å². The molecule has 1 aliphatic carbocycles. The molecule has 50 valence electrons. The van der Waals surface area contributed by atoms with E-state index in [2.05, 4.69) is 32.4 Å². The molecular weight excluding hydrogens is 223 g/mol. The van der Waals surface area contributed by atoms with Crippen LogP contribution in [0.1, 0.15) is 32.1 Å². The lowest BCUT2D eigenvalue weighted by molar-refractivity contribution is 0.430. The molecule has 0 radical (unpaired) electrons. The predicted octanol–water partition coefficient (Wildman–Crippen LogP) is 2.96. The van der Waals surface area contributed by atoms with Gasteiger partial charge in [0.15, 0.2) is 0 Å². The van der Waals surface area contributed by atoms with Crippen LogP contribution in [0.4, 0.5) is 0 Å². The molecule has 0 atom stereocenters. The smallest absolute Gasteiger partial charge is 0.0211 e. The molecule has 0 bridgehead atoms. The van der Waals surface area contributed by atoms with Crippen LogP contribution in [0.5, 0.6) is 0 Å². The van der Waals surface area contributed by atoms with Crippen LogP contribution in [-0.2, 0) is 0 Å². The summed E-state index contributed by atoms with van der Waals surface area (Å²) in [5.41, 5.74) is 0. The summed E-state index contributed by atoms with van der Waals surface area (Å²) in [5.74, 6) is 3.95. The molecule has 0 heterocycles. The maximum absolute atomic E-state index is 3.22. The van der Waals surface area contributed by atoms with Crippen molar-refractivity contribution in [1.82, 2.24) is 0 Å². The molecule has 0 aromatic carbocycles. The Morgan fingerprint density at radius 1 is 1.11 bits per heavy atom. The number of hydrogen-bond acceptors (Lipinski definition) is 0. The second-order valence-corrected chi connectivity index (χ2v) is 3.11. The molecule has 0 amide bonds. The standard InChI is InChI=1S/C8H11I/c9-7-6-8-4-2-1-3-5-8/h8H,1-5H2. The lowest BCUT2D eigenvalue weighted by Crippen LogP contribution is -2.02. The predicted molar refractivity (Wildman–Crippen MR) is 48.4 cm³/mol. The van der Waals surface area contributed by atoms with E-state index in [4.69, 9.17) is 0 Å². The molecule has 1 rings (SSSR count). The van der Waals surface area contributed by atoms with E-state index in [0.717, 1.165) is 5.92 Å². The highest BCUT2D eigenvalue weighted by atomic mass is 127. The lowest BCUT2D eigenvalue weighted by Gasteiger charge is -2.14. The van der Waals surface area contributed by atoms with Crippen LogP contribution in [0.15, 0.2) is 0 Å². The van der Waals surface area contributed by atoms with Crippen LogP contribution in [0.3, 0.4) is 0 Å². The van der Waals surface area contributed by atoms with Gasteiger partial charge in [-0.2, -0.15) is 0 Å². The van der Waals surface area contributed by atoms with Gasteiger partial charge in [0.1, 0.15) is 0 Å². The first-order valence-electron chi connectivity index (χ1n) is 3.54. The van der Waals surface area contributed by atoms with Gasteiger partial charge < -0.3 is 0 Å². The highest BCUT2D eigenvalue weighted by Gasteiger charge is 2.09. The van der Waals surface area contributed by atoms with Crippen LogP contribution in [0.25, 0.3) is 0 Å². The molecule has 0 unspecified atom stereocenters. The molecule has 1 heteroatoms. The maximum atomic E-state index is 3.22. The number of hydrogen-bond donors (Lipinski definition) is 0. The van der Waals surface area contributed by atoms with Crippen molar-refractivity contribution in [1.29, 1.82) is 0 Å². The largest absolute Gasteiger partial charge is 0.0885 e. The van der Waals surface area contributed by atoms with Gasteiger partial charge >= 0.3 is 0 Å². The minimum Gasteiger partial charge on any atom is -0.0885 e. The molecule has 0 aromatic rings.